The average molecular weight is 273 g/mol. The quantitative estimate of drug-likeness (QED) is 0.848. The Hall–Kier alpha value is -0.440. The Kier molecular flexibility index (Phi) is 3.86. The third-order valence-corrected chi connectivity index (χ3v) is 4.04. The fraction of sp³-hybridized carbons (Fsp3) is 0.538. The molecule has 0 radical (unpaired) electrons. The third kappa shape index (κ3) is 3.27. The smallest absolute Gasteiger partial charge is 0.0693 e. The van der Waals surface area contributed by atoms with Crippen molar-refractivity contribution in [2.24, 2.45) is 11.8 Å². The lowest BCUT2D eigenvalue weighted by molar-refractivity contribution is 0.307. The summed E-state index contributed by atoms with van der Waals surface area (Å²) in [5.74, 6) is 1.75. The van der Waals surface area contributed by atoms with Crippen molar-refractivity contribution in [2.45, 2.75) is 19.9 Å². The van der Waals surface area contributed by atoms with Gasteiger partial charge in [0.05, 0.1) is 15.7 Å². The highest BCUT2D eigenvalue weighted by Crippen LogP contribution is 2.38. The van der Waals surface area contributed by atoms with Crippen molar-refractivity contribution < 1.29 is 0 Å². The van der Waals surface area contributed by atoms with Crippen LogP contribution < -0.4 is 5.73 Å². The van der Waals surface area contributed by atoms with E-state index in [9.17, 15) is 0 Å². The molecular formula is C13H18Cl2N2. The molecule has 0 aliphatic heterocycles. The predicted octanol–water partition coefficient (Wildman–Crippen LogP) is 3.66. The number of nitrogens with two attached hydrogens (primary N) is 1. The van der Waals surface area contributed by atoms with Gasteiger partial charge in [-0.25, -0.2) is 0 Å². The number of nitrogens with zero attached hydrogens (tertiary/aromatic N) is 1. The van der Waals surface area contributed by atoms with Crippen molar-refractivity contribution in [2.75, 3.05) is 19.3 Å². The Morgan fingerprint density at radius 2 is 1.88 bits per heavy atom. The summed E-state index contributed by atoms with van der Waals surface area (Å²) in [6.07, 6.45) is 1.35. The molecule has 1 fully saturated rings. The van der Waals surface area contributed by atoms with Crippen LogP contribution in [0, 0.1) is 11.8 Å². The number of hydrogen-bond acceptors (Lipinski definition) is 2. The Labute approximate surface area is 113 Å². The van der Waals surface area contributed by atoms with Crippen LogP contribution in [0.4, 0.5) is 5.69 Å². The van der Waals surface area contributed by atoms with Gasteiger partial charge in [-0.2, -0.15) is 0 Å². The van der Waals surface area contributed by atoms with E-state index in [1.807, 2.05) is 12.1 Å². The number of hydrogen-bond donors (Lipinski definition) is 1. The number of halogens is 2. The summed E-state index contributed by atoms with van der Waals surface area (Å²) in [6.45, 7) is 4.30. The molecule has 1 aliphatic carbocycles. The first-order chi connectivity index (χ1) is 7.97. The SMILES string of the molecule is CC1CC1CN(C)Cc1cc(Cl)c(N)c(Cl)c1. The zero-order valence-electron chi connectivity index (χ0n) is 10.2. The minimum Gasteiger partial charge on any atom is -0.396 e. The maximum atomic E-state index is 6.02. The van der Waals surface area contributed by atoms with Gasteiger partial charge in [0.2, 0.25) is 0 Å². The van der Waals surface area contributed by atoms with Crippen LogP contribution in [0.15, 0.2) is 12.1 Å². The van der Waals surface area contributed by atoms with E-state index in [-0.39, 0.29) is 0 Å². The lowest BCUT2D eigenvalue weighted by Gasteiger charge is -2.17. The molecule has 2 atom stereocenters. The molecule has 1 aromatic carbocycles. The molecule has 4 heteroatoms. The normalized spacial score (nSPS) is 23.1. The summed E-state index contributed by atoms with van der Waals surface area (Å²) in [5, 5.41) is 1.08. The minimum atomic E-state index is 0.468. The fourth-order valence-corrected chi connectivity index (χ4v) is 2.69. The van der Waals surface area contributed by atoms with Crippen molar-refractivity contribution >= 4 is 28.9 Å². The number of anilines is 1. The summed E-state index contributed by atoms with van der Waals surface area (Å²) in [7, 11) is 2.13. The van der Waals surface area contributed by atoms with Crippen LogP contribution >= 0.6 is 23.2 Å². The van der Waals surface area contributed by atoms with Crippen LogP contribution in [-0.4, -0.2) is 18.5 Å². The van der Waals surface area contributed by atoms with Crippen LogP contribution in [0.1, 0.15) is 18.9 Å². The molecule has 0 spiro atoms. The molecule has 0 amide bonds. The summed E-state index contributed by atoms with van der Waals surface area (Å²) < 4.78 is 0. The molecule has 2 unspecified atom stereocenters. The monoisotopic (exact) mass is 272 g/mol. The first-order valence-electron chi connectivity index (χ1n) is 5.89. The van der Waals surface area contributed by atoms with E-state index in [1.54, 1.807) is 0 Å². The molecule has 1 aliphatic rings. The van der Waals surface area contributed by atoms with E-state index in [0.29, 0.717) is 15.7 Å². The Balaban J connectivity index is 1.98. The second-order valence-corrected chi connectivity index (χ2v) is 5.96. The molecule has 2 N–H and O–H groups in total. The van der Waals surface area contributed by atoms with Crippen LogP contribution in [-0.2, 0) is 6.54 Å². The van der Waals surface area contributed by atoms with Gasteiger partial charge in [-0.3, -0.25) is 0 Å². The first-order valence-corrected chi connectivity index (χ1v) is 6.65. The highest BCUT2D eigenvalue weighted by atomic mass is 35.5. The number of benzene rings is 1. The van der Waals surface area contributed by atoms with Gasteiger partial charge >= 0.3 is 0 Å². The third-order valence-electron chi connectivity index (χ3n) is 3.41. The zero-order chi connectivity index (χ0) is 12.6. The second kappa shape index (κ2) is 5.05. The van der Waals surface area contributed by atoms with Crippen LogP contribution in [0.25, 0.3) is 0 Å². The molecule has 1 aromatic rings. The van der Waals surface area contributed by atoms with Gasteiger partial charge in [0, 0.05) is 13.1 Å². The maximum Gasteiger partial charge on any atom is 0.0693 e. The summed E-state index contributed by atoms with van der Waals surface area (Å²) in [5.41, 5.74) is 7.30. The van der Waals surface area contributed by atoms with Gasteiger partial charge in [-0.1, -0.05) is 30.1 Å². The van der Waals surface area contributed by atoms with Crippen molar-refractivity contribution in [1.82, 2.24) is 4.90 Å². The molecular weight excluding hydrogens is 255 g/mol. The molecule has 2 rings (SSSR count). The van der Waals surface area contributed by atoms with Gasteiger partial charge < -0.3 is 10.6 Å². The average Bonchev–Trinajstić information content (AvgIpc) is 2.90. The standard InChI is InChI=1S/C13H18Cl2N2/c1-8-3-10(8)7-17(2)6-9-4-11(14)13(16)12(15)5-9/h4-5,8,10H,3,6-7,16H2,1-2H3. The van der Waals surface area contributed by atoms with E-state index in [4.69, 9.17) is 28.9 Å². The fourth-order valence-electron chi connectivity index (χ4n) is 2.16. The molecule has 0 aromatic heterocycles. The Morgan fingerprint density at radius 3 is 2.35 bits per heavy atom. The van der Waals surface area contributed by atoms with Gasteiger partial charge in [0.25, 0.3) is 0 Å². The predicted molar refractivity (Wildman–Crippen MR) is 74.5 cm³/mol. The van der Waals surface area contributed by atoms with E-state index >= 15 is 0 Å². The Morgan fingerprint density at radius 1 is 1.35 bits per heavy atom. The molecule has 17 heavy (non-hydrogen) atoms. The summed E-state index contributed by atoms with van der Waals surface area (Å²) in [4.78, 5) is 2.31. The number of rotatable bonds is 4. The first kappa shape index (κ1) is 13.0. The van der Waals surface area contributed by atoms with Crippen molar-refractivity contribution in [1.29, 1.82) is 0 Å². The molecule has 0 saturated heterocycles. The van der Waals surface area contributed by atoms with E-state index in [2.05, 4.69) is 18.9 Å². The molecule has 0 bridgehead atoms. The molecule has 1 saturated carbocycles. The van der Waals surface area contributed by atoms with Gasteiger partial charge in [0.15, 0.2) is 0 Å². The topological polar surface area (TPSA) is 29.3 Å². The van der Waals surface area contributed by atoms with Crippen LogP contribution in [0.2, 0.25) is 10.0 Å². The summed E-state index contributed by atoms with van der Waals surface area (Å²) in [6, 6.07) is 3.80. The van der Waals surface area contributed by atoms with E-state index in [1.165, 1.54) is 6.42 Å². The molecule has 0 heterocycles. The lowest BCUT2D eigenvalue weighted by atomic mass is 10.2. The van der Waals surface area contributed by atoms with E-state index in [0.717, 1.165) is 30.5 Å². The van der Waals surface area contributed by atoms with Crippen LogP contribution in [0.3, 0.4) is 0 Å². The van der Waals surface area contributed by atoms with Gasteiger partial charge in [-0.15, -0.1) is 0 Å². The summed E-state index contributed by atoms with van der Waals surface area (Å²) >= 11 is 12.0. The van der Waals surface area contributed by atoms with Crippen molar-refractivity contribution in [3.05, 3.63) is 27.7 Å². The Bertz CT molecular complexity index is 397. The van der Waals surface area contributed by atoms with Crippen molar-refractivity contribution in [3.63, 3.8) is 0 Å². The van der Waals surface area contributed by atoms with Gasteiger partial charge in [0.1, 0.15) is 0 Å². The molecule has 94 valence electrons. The highest BCUT2D eigenvalue weighted by Gasteiger charge is 2.32. The van der Waals surface area contributed by atoms with Crippen LogP contribution in [0.5, 0.6) is 0 Å². The highest BCUT2D eigenvalue weighted by molar-refractivity contribution is 6.38. The lowest BCUT2D eigenvalue weighted by Crippen LogP contribution is -2.21. The molecule has 2 nitrogen and oxygen atoms in total. The number of nitrogen functional groups attached to an aromatic ring is 1. The maximum absolute atomic E-state index is 6.02. The van der Waals surface area contributed by atoms with Gasteiger partial charge in [-0.05, 0) is 43.0 Å². The minimum absolute atomic E-state index is 0.468. The van der Waals surface area contributed by atoms with E-state index < -0.39 is 0 Å². The van der Waals surface area contributed by atoms with Crippen molar-refractivity contribution in [3.8, 4) is 0 Å². The second-order valence-electron chi connectivity index (χ2n) is 5.14. The zero-order valence-corrected chi connectivity index (χ0v) is 11.7. The largest absolute Gasteiger partial charge is 0.396 e.